The van der Waals surface area contributed by atoms with E-state index in [-0.39, 0.29) is 19.0 Å². The quantitative estimate of drug-likeness (QED) is 0.605. The Kier molecular flexibility index (Phi) is 4.68. The van der Waals surface area contributed by atoms with Crippen LogP contribution >= 0.6 is 0 Å². The summed E-state index contributed by atoms with van der Waals surface area (Å²) in [5.41, 5.74) is 7.89. The van der Waals surface area contributed by atoms with Gasteiger partial charge in [0.15, 0.2) is 0 Å². The van der Waals surface area contributed by atoms with E-state index in [1.807, 2.05) is 24.3 Å². The molecule has 0 atom stereocenters. The maximum absolute atomic E-state index is 9.77. The van der Waals surface area contributed by atoms with E-state index in [1.165, 1.54) is 0 Å². The Balaban J connectivity index is 2.03. The zero-order valence-electron chi connectivity index (χ0n) is 11.0. The van der Waals surface area contributed by atoms with Gasteiger partial charge in [0.2, 0.25) is 0 Å². The predicted molar refractivity (Wildman–Crippen MR) is 78.9 cm³/mol. The lowest BCUT2D eigenvalue weighted by molar-refractivity contribution is 0.201. The minimum absolute atomic E-state index is 0.0217. The number of aliphatic hydroxyl groups excluding tert-OH is 1. The summed E-state index contributed by atoms with van der Waals surface area (Å²) in [7, 11) is 0. The first-order valence-electron chi connectivity index (χ1n) is 6.34. The molecule has 0 saturated heterocycles. The zero-order valence-corrected chi connectivity index (χ0v) is 11.0. The summed E-state index contributed by atoms with van der Waals surface area (Å²) in [6, 6.07) is 12.4. The molecule has 5 heteroatoms. The molecule has 2 aromatic rings. The SMILES string of the molecule is Nc1cccc(O)c1CNc1cccc(OCCO)c1. The van der Waals surface area contributed by atoms with Gasteiger partial charge in [-0.1, -0.05) is 12.1 Å². The van der Waals surface area contributed by atoms with Crippen LogP contribution in [0, 0.1) is 0 Å². The lowest BCUT2D eigenvalue weighted by Gasteiger charge is -2.12. The maximum Gasteiger partial charge on any atom is 0.122 e. The van der Waals surface area contributed by atoms with Crippen LogP contribution in [0.5, 0.6) is 11.5 Å². The fraction of sp³-hybridized carbons (Fsp3) is 0.200. The van der Waals surface area contributed by atoms with Crippen molar-refractivity contribution in [2.45, 2.75) is 6.54 Å². The standard InChI is InChI=1S/C15H18N2O3/c16-14-5-2-6-15(19)13(14)10-17-11-3-1-4-12(9-11)20-8-7-18/h1-6,9,17-19H,7-8,10,16H2. The minimum atomic E-state index is -0.0217. The second kappa shape index (κ2) is 6.68. The largest absolute Gasteiger partial charge is 0.508 e. The van der Waals surface area contributed by atoms with Gasteiger partial charge >= 0.3 is 0 Å². The van der Waals surface area contributed by atoms with E-state index in [2.05, 4.69) is 5.32 Å². The molecule has 2 aromatic carbocycles. The number of benzene rings is 2. The Morgan fingerprint density at radius 2 is 1.95 bits per heavy atom. The summed E-state index contributed by atoms with van der Waals surface area (Å²) in [5.74, 6) is 0.847. The van der Waals surface area contributed by atoms with E-state index >= 15 is 0 Å². The molecule has 0 saturated carbocycles. The summed E-state index contributed by atoms with van der Waals surface area (Å²) in [6.45, 7) is 0.657. The van der Waals surface area contributed by atoms with Crippen LogP contribution in [0.4, 0.5) is 11.4 Å². The fourth-order valence-corrected chi connectivity index (χ4v) is 1.83. The maximum atomic E-state index is 9.77. The molecule has 5 N–H and O–H groups in total. The van der Waals surface area contributed by atoms with Crippen molar-refractivity contribution in [3.05, 3.63) is 48.0 Å². The number of nitrogens with one attached hydrogen (secondary N) is 1. The van der Waals surface area contributed by atoms with Gasteiger partial charge in [0, 0.05) is 29.5 Å². The lowest BCUT2D eigenvalue weighted by Crippen LogP contribution is -2.04. The molecule has 0 aliphatic heterocycles. The molecular weight excluding hydrogens is 256 g/mol. The number of phenols is 1. The highest BCUT2D eigenvalue weighted by atomic mass is 16.5. The topological polar surface area (TPSA) is 87.7 Å². The third-order valence-corrected chi connectivity index (χ3v) is 2.85. The number of hydrogen-bond donors (Lipinski definition) is 4. The monoisotopic (exact) mass is 274 g/mol. The molecule has 0 radical (unpaired) electrons. The summed E-state index contributed by atoms with van der Waals surface area (Å²) in [4.78, 5) is 0. The van der Waals surface area contributed by atoms with E-state index in [9.17, 15) is 5.11 Å². The highest BCUT2D eigenvalue weighted by molar-refractivity contribution is 5.56. The molecule has 0 aliphatic rings. The molecule has 0 spiro atoms. The number of aliphatic hydroxyl groups is 1. The molecule has 5 nitrogen and oxygen atoms in total. The van der Waals surface area contributed by atoms with Gasteiger partial charge in [0.1, 0.15) is 18.1 Å². The Labute approximate surface area is 117 Å². The van der Waals surface area contributed by atoms with Crippen molar-refractivity contribution < 1.29 is 14.9 Å². The van der Waals surface area contributed by atoms with Crippen LogP contribution in [0.3, 0.4) is 0 Å². The third kappa shape index (κ3) is 3.55. The number of ether oxygens (including phenoxy) is 1. The average Bonchev–Trinajstić information content (AvgIpc) is 2.45. The van der Waals surface area contributed by atoms with Gasteiger partial charge in [0.05, 0.1) is 6.61 Å². The van der Waals surface area contributed by atoms with Crippen LogP contribution < -0.4 is 15.8 Å². The average molecular weight is 274 g/mol. The smallest absolute Gasteiger partial charge is 0.122 e. The highest BCUT2D eigenvalue weighted by Gasteiger charge is 2.05. The molecule has 0 bridgehead atoms. The predicted octanol–water partition coefficient (Wildman–Crippen LogP) is 1.96. The molecule has 20 heavy (non-hydrogen) atoms. The molecular formula is C15H18N2O3. The highest BCUT2D eigenvalue weighted by Crippen LogP contribution is 2.25. The van der Waals surface area contributed by atoms with Crippen molar-refractivity contribution in [2.24, 2.45) is 0 Å². The van der Waals surface area contributed by atoms with Crippen molar-refractivity contribution in [1.82, 2.24) is 0 Å². The van der Waals surface area contributed by atoms with Gasteiger partial charge in [0.25, 0.3) is 0 Å². The Morgan fingerprint density at radius 1 is 1.15 bits per heavy atom. The van der Waals surface area contributed by atoms with E-state index in [4.69, 9.17) is 15.6 Å². The van der Waals surface area contributed by atoms with Crippen LogP contribution in [0.15, 0.2) is 42.5 Å². The number of phenolic OH excluding ortho intramolecular Hbond substituents is 1. The lowest BCUT2D eigenvalue weighted by atomic mass is 10.1. The van der Waals surface area contributed by atoms with E-state index < -0.39 is 0 Å². The normalized spacial score (nSPS) is 10.2. The molecule has 106 valence electrons. The molecule has 0 heterocycles. The number of aromatic hydroxyl groups is 1. The van der Waals surface area contributed by atoms with Gasteiger partial charge in [-0.15, -0.1) is 0 Å². The van der Waals surface area contributed by atoms with Crippen LogP contribution in [0.25, 0.3) is 0 Å². The Bertz CT molecular complexity index is 553. The van der Waals surface area contributed by atoms with Gasteiger partial charge in [-0.25, -0.2) is 0 Å². The number of nitrogen functional groups attached to an aromatic ring is 1. The molecule has 0 fully saturated rings. The third-order valence-electron chi connectivity index (χ3n) is 2.85. The second-order valence-corrected chi connectivity index (χ2v) is 4.30. The van der Waals surface area contributed by atoms with Crippen LogP contribution in [-0.4, -0.2) is 23.4 Å². The number of hydrogen-bond acceptors (Lipinski definition) is 5. The van der Waals surface area contributed by atoms with E-state index in [0.717, 1.165) is 5.69 Å². The number of anilines is 2. The second-order valence-electron chi connectivity index (χ2n) is 4.30. The fourth-order valence-electron chi connectivity index (χ4n) is 1.83. The van der Waals surface area contributed by atoms with Crippen molar-refractivity contribution in [3.8, 4) is 11.5 Å². The van der Waals surface area contributed by atoms with Crippen molar-refractivity contribution in [2.75, 3.05) is 24.3 Å². The van der Waals surface area contributed by atoms with Crippen LogP contribution in [-0.2, 0) is 6.54 Å². The van der Waals surface area contributed by atoms with Crippen molar-refractivity contribution in [3.63, 3.8) is 0 Å². The van der Waals surface area contributed by atoms with Crippen LogP contribution in [0.2, 0.25) is 0 Å². The first-order chi connectivity index (χ1) is 9.70. The molecule has 0 aromatic heterocycles. The van der Waals surface area contributed by atoms with E-state index in [0.29, 0.717) is 23.5 Å². The first-order valence-corrected chi connectivity index (χ1v) is 6.34. The summed E-state index contributed by atoms with van der Waals surface area (Å²) < 4.78 is 5.33. The first kappa shape index (κ1) is 14.0. The van der Waals surface area contributed by atoms with E-state index in [1.54, 1.807) is 18.2 Å². The molecule has 0 aliphatic carbocycles. The zero-order chi connectivity index (χ0) is 14.4. The number of rotatable bonds is 6. The van der Waals surface area contributed by atoms with Crippen molar-refractivity contribution in [1.29, 1.82) is 0 Å². The molecule has 0 amide bonds. The molecule has 2 rings (SSSR count). The van der Waals surface area contributed by atoms with Gasteiger partial charge in [-0.3, -0.25) is 0 Å². The van der Waals surface area contributed by atoms with Gasteiger partial charge in [-0.05, 0) is 24.3 Å². The van der Waals surface area contributed by atoms with Crippen molar-refractivity contribution >= 4 is 11.4 Å². The van der Waals surface area contributed by atoms with Crippen LogP contribution in [0.1, 0.15) is 5.56 Å². The summed E-state index contributed by atoms with van der Waals surface area (Å²) >= 11 is 0. The number of nitrogens with two attached hydrogens (primary N) is 1. The Morgan fingerprint density at radius 3 is 2.70 bits per heavy atom. The summed E-state index contributed by atoms with van der Waals surface area (Å²) in [6.07, 6.45) is 0. The summed E-state index contributed by atoms with van der Waals surface area (Å²) in [5, 5.41) is 21.7. The Hall–Kier alpha value is -2.40. The minimum Gasteiger partial charge on any atom is -0.508 e. The van der Waals surface area contributed by atoms with Gasteiger partial charge in [-0.2, -0.15) is 0 Å². The molecule has 0 unspecified atom stereocenters. The van der Waals surface area contributed by atoms with Gasteiger partial charge < -0.3 is 26.0 Å².